The normalized spacial score (nSPS) is 10.2. The first-order valence-corrected chi connectivity index (χ1v) is 5.51. The lowest BCUT2D eigenvalue weighted by atomic mass is 10.2. The standard InChI is InChI=1S/C12H14N4O/c1-2-12(17)14-9-10-4-6-13-11(8-10)16-7-3-5-15-16/h3-8H,2,9H2,1H3,(H,14,17). The van der Waals surface area contributed by atoms with E-state index in [0.717, 1.165) is 11.4 Å². The van der Waals surface area contributed by atoms with Crippen molar-refractivity contribution >= 4 is 5.91 Å². The zero-order valence-electron chi connectivity index (χ0n) is 9.63. The van der Waals surface area contributed by atoms with Crippen LogP contribution in [-0.2, 0) is 11.3 Å². The van der Waals surface area contributed by atoms with Gasteiger partial charge in [-0.05, 0) is 23.8 Å². The Morgan fingerprint density at radius 1 is 1.47 bits per heavy atom. The van der Waals surface area contributed by atoms with Gasteiger partial charge in [-0.15, -0.1) is 0 Å². The Kier molecular flexibility index (Phi) is 3.49. The molecule has 5 nitrogen and oxygen atoms in total. The van der Waals surface area contributed by atoms with Crippen molar-refractivity contribution in [2.45, 2.75) is 19.9 Å². The number of hydrogen-bond donors (Lipinski definition) is 1. The molecule has 0 fully saturated rings. The van der Waals surface area contributed by atoms with Crippen LogP contribution in [0.1, 0.15) is 18.9 Å². The van der Waals surface area contributed by atoms with Gasteiger partial charge in [0.1, 0.15) is 0 Å². The summed E-state index contributed by atoms with van der Waals surface area (Å²) in [5.74, 6) is 0.792. The Balaban J connectivity index is 2.09. The molecule has 0 radical (unpaired) electrons. The molecule has 0 aromatic carbocycles. The fraction of sp³-hybridized carbons (Fsp3) is 0.250. The van der Waals surface area contributed by atoms with Crippen LogP contribution in [0.3, 0.4) is 0 Å². The van der Waals surface area contributed by atoms with Gasteiger partial charge in [0.05, 0.1) is 0 Å². The number of nitrogens with zero attached hydrogens (tertiary/aromatic N) is 3. The van der Waals surface area contributed by atoms with E-state index >= 15 is 0 Å². The molecule has 1 amide bonds. The van der Waals surface area contributed by atoms with Crippen LogP contribution in [0.2, 0.25) is 0 Å². The van der Waals surface area contributed by atoms with Crippen molar-refractivity contribution in [1.82, 2.24) is 20.1 Å². The number of pyridine rings is 1. The van der Waals surface area contributed by atoms with Gasteiger partial charge in [-0.2, -0.15) is 5.10 Å². The number of rotatable bonds is 4. The number of nitrogens with one attached hydrogen (secondary N) is 1. The number of carbonyl (C=O) groups excluding carboxylic acids is 1. The molecule has 2 heterocycles. The van der Waals surface area contributed by atoms with Gasteiger partial charge in [0.2, 0.25) is 5.91 Å². The number of carbonyl (C=O) groups is 1. The maximum Gasteiger partial charge on any atom is 0.219 e. The van der Waals surface area contributed by atoms with Crippen LogP contribution in [0.15, 0.2) is 36.8 Å². The van der Waals surface area contributed by atoms with Crippen LogP contribution in [0.5, 0.6) is 0 Å². The Morgan fingerprint density at radius 3 is 3.06 bits per heavy atom. The quantitative estimate of drug-likeness (QED) is 0.861. The minimum Gasteiger partial charge on any atom is -0.352 e. The van der Waals surface area contributed by atoms with Crippen LogP contribution < -0.4 is 5.32 Å². The Bertz CT molecular complexity index is 493. The zero-order valence-corrected chi connectivity index (χ0v) is 9.63. The molecule has 88 valence electrons. The SMILES string of the molecule is CCC(=O)NCc1ccnc(-n2cccn2)c1. The van der Waals surface area contributed by atoms with E-state index < -0.39 is 0 Å². The van der Waals surface area contributed by atoms with Crippen molar-refractivity contribution in [3.05, 3.63) is 42.4 Å². The average Bonchev–Trinajstić information content (AvgIpc) is 2.90. The van der Waals surface area contributed by atoms with Crippen LogP contribution >= 0.6 is 0 Å². The van der Waals surface area contributed by atoms with Gasteiger partial charge < -0.3 is 5.32 Å². The van der Waals surface area contributed by atoms with Gasteiger partial charge in [-0.25, -0.2) is 9.67 Å². The molecule has 0 unspecified atom stereocenters. The summed E-state index contributed by atoms with van der Waals surface area (Å²) >= 11 is 0. The molecule has 2 aromatic heterocycles. The number of hydrogen-bond acceptors (Lipinski definition) is 3. The van der Waals surface area contributed by atoms with Gasteiger partial charge in [0.15, 0.2) is 5.82 Å². The van der Waals surface area contributed by atoms with E-state index in [9.17, 15) is 4.79 Å². The highest BCUT2D eigenvalue weighted by Gasteiger charge is 2.01. The predicted molar refractivity (Wildman–Crippen MR) is 63.5 cm³/mol. The third-order valence-electron chi connectivity index (χ3n) is 2.36. The molecule has 0 aliphatic carbocycles. The molecule has 0 spiro atoms. The van der Waals surface area contributed by atoms with Gasteiger partial charge in [-0.1, -0.05) is 6.92 Å². The third kappa shape index (κ3) is 2.90. The molecule has 0 saturated heterocycles. The number of aromatic nitrogens is 3. The maximum atomic E-state index is 11.2. The van der Waals surface area contributed by atoms with Gasteiger partial charge in [-0.3, -0.25) is 4.79 Å². The topological polar surface area (TPSA) is 59.8 Å². The van der Waals surface area contributed by atoms with Crippen LogP contribution in [0, 0.1) is 0 Å². The van der Waals surface area contributed by atoms with Gasteiger partial charge >= 0.3 is 0 Å². The van der Waals surface area contributed by atoms with E-state index in [2.05, 4.69) is 15.4 Å². The number of amides is 1. The molecular formula is C12H14N4O. The largest absolute Gasteiger partial charge is 0.352 e. The summed E-state index contributed by atoms with van der Waals surface area (Å²) in [7, 11) is 0. The summed E-state index contributed by atoms with van der Waals surface area (Å²) in [6.45, 7) is 2.35. The molecule has 5 heteroatoms. The van der Waals surface area contributed by atoms with E-state index in [1.807, 2.05) is 31.3 Å². The summed E-state index contributed by atoms with van der Waals surface area (Å²) in [6.07, 6.45) is 5.74. The van der Waals surface area contributed by atoms with E-state index in [4.69, 9.17) is 0 Å². The second-order valence-electron chi connectivity index (χ2n) is 3.60. The highest BCUT2D eigenvalue weighted by Crippen LogP contribution is 2.05. The van der Waals surface area contributed by atoms with Gasteiger partial charge in [0.25, 0.3) is 0 Å². The molecule has 2 aromatic rings. The molecule has 0 aliphatic heterocycles. The maximum absolute atomic E-state index is 11.2. The average molecular weight is 230 g/mol. The molecule has 0 saturated carbocycles. The summed E-state index contributed by atoms with van der Waals surface area (Å²) in [6, 6.07) is 5.62. The minimum absolute atomic E-state index is 0.0439. The van der Waals surface area contributed by atoms with Crippen molar-refractivity contribution in [2.75, 3.05) is 0 Å². The molecule has 2 rings (SSSR count). The van der Waals surface area contributed by atoms with Crippen molar-refractivity contribution in [2.24, 2.45) is 0 Å². The van der Waals surface area contributed by atoms with Crippen molar-refractivity contribution in [3.63, 3.8) is 0 Å². The highest BCUT2D eigenvalue weighted by atomic mass is 16.1. The summed E-state index contributed by atoms with van der Waals surface area (Å²) in [4.78, 5) is 15.4. The Hall–Kier alpha value is -2.17. The minimum atomic E-state index is 0.0439. The zero-order chi connectivity index (χ0) is 12.1. The predicted octanol–water partition coefficient (Wildman–Crippen LogP) is 1.29. The monoisotopic (exact) mass is 230 g/mol. The fourth-order valence-corrected chi connectivity index (χ4v) is 1.43. The van der Waals surface area contributed by atoms with Crippen LogP contribution in [0.25, 0.3) is 5.82 Å². The Labute approximate surface area is 99.5 Å². The summed E-state index contributed by atoms with van der Waals surface area (Å²) < 4.78 is 1.69. The first-order valence-electron chi connectivity index (χ1n) is 5.51. The van der Waals surface area contributed by atoms with E-state index in [0.29, 0.717) is 13.0 Å². The van der Waals surface area contributed by atoms with Crippen molar-refractivity contribution < 1.29 is 4.79 Å². The second kappa shape index (κ2) is 5.25. The lowest BCUT2D eigenvalue weighted by molar-refractivity contribution is -0.120. The highest BCUT2D eigenvalue weighted by molar-refractivity contribution is 5.75. The van der Waals surface area contributed by atoms with E-state index in [1.165, 1.54) is 0 Å². The van der Waals surface area contributed by atoms with E-state index in [-0.39, 0.29) is 5.91 Å². The lowest BCUT2D eigenvalue weighted by Gasteiger charge is -2.05. The van der Waals surface area contributed by atoms with Crippen LogP contribution in [0.4, 0.5) is 0 Å². The van der Waals surface area contributed by atoms with Crippen molar-refractivity contribution in [1.29, 1.82) is 0 Å². The first kappa shape index (κ1) is 11.3. The van der Waals surface area contributed by atoms with E-state index in [1.54, 1.807) is 17.1 Å². The van der Waals surface area contributed by atoms with Gasteiger partial charge in [0, 0.05) is 31.6 Å². The Morgan fingerprint density at radius 2 is 2.35 bits per heavy atom. The molecule has 0 bridgehead atoms. The van der Waals surface area contributed by atoms with Crippen LogP contribution in [-0.4, -0.2) is 20.7 Å². The molecular weight excluding hydrogens is 216 g/mol. The second-order valence-corrected chi connectivity index (χ2v) is 3.60. The molecule has 1 N–H and O–H groups in total. The fourth-order valence-electron chi connectivity index (χ4n) is 1.43. The molecule has 0 atom stereocenters. The first-order chi connectivity index (χ1) is 8.29. The summed E-state index contributed by atoms with van der Waals surface area (Å²) in [5.41, 5.74) is 1.01. The smallest absolute Gasteiger partial charge is 0.219 e. The summed E-state index contributed by atoms with van der Waals surface area (Å²) in [5, 5.41) is 6.93. The third-order valence-corrected chi connectivity index (χ3v) is 2.36. The molecule has 0 aliphatic rings. The van der Waals surface area contributed by atoms with Crippen molar-refractivity contribution in [3.8, 4) is 5.82 Å². The molecule has 17 heavy (non-hydrogen) atoms. The lowest BCUT2D eigenvalue weighted by Crippen LogP contribution is -2.21.